The van der Waals surface area contributed by atoms with Crippen LogP contribution < -0.4 is 20.3 Å². The topological polar surface area (TPSA) is 91.7 Å². The second-order valence-corrected chi connectivity index (χ2v) is 11.8. The van der Waals surface area contributed by atoms with Crippen LogP contribution in [0.2, 0.25) is 5.02 Å². The van der Waals surface area contributed by atoms with Crippen molar-refractivity contribution in [1.29, 1.82) is 0 Å². The van der Waals surface area contributed by atoms with Gasteiger partial charge in [0.15, 0.2) is 0 Å². The van der Waals surface area contributed by atoms with Crippen LogP contribution in [0.5, 0.6) is 5.75 Å². The van der Waals surface area contributed by atoms with E-state index >= 15 is 0 Å². The van der Waals surface area contributed by atoms with Crippen LogP contribution in [-0.4, -0.2) is 64.5 Å². The molecule has 0 radical (unpaired) electrons. The lowest BCUT2D eigenvalue weighted by Crippen LogP contribution is -2.58. The number of para-hydroxylation sites is 2. The van der Waals surface area contributed by atoms with Crippen molar-refractivity contribution in [2.24, 2.45) is 7.05 Å². The fourth-order valence-electron chi connectivity index (χ4n) is 5.87. The molecule has 2 atom stereocenters. The maximum absolute atomic E-state index is 14.0. The molecule has 44 heavy (non-hydrogen) atoms. The summed E-state index contributed by atoms with van der Waals surface area (Å²) in [5, 5.41) is 7.07. The highest BCUT2D eigenvalue weighted by atomic mass is 35.5. The number of imidazole rings is 1. The number of fused-ring (bicyclic) bond motifs is 1. The minimum absolute atomic E-state index is 0.0801. The van der Waals surface area contributed by atoms with Gasteiger partial charge in [-0.1, -0.05) is 60.1 Å². The monoisotopic (exact) mass is 612 g/mol. The first-order valence-corrected chi connectivity index (χ1v) is 15.4. The summed E-state index contributed by atoms with van der Waals surface area (Å²) in [4.78, 5) is 35.9. The van der Waals surface area contributed by atoms with Crippen molar-refractivity contribution in [3.8, 4) is 5.75 Å². The van der Waals surface area contributed by atoms with Crippen molar-refractivity contribution < 1.29 is 14.3 Å². The molecule has 2 N–H and O–H groups in total. The van der Waals surface area contributed by atoms with E-state index in [0.29, 0.717) is 57.2 Å². The number of hydrogen-bond donors (Lipinski definition) is 2. The zero-order valence-electron chi connectivity index (χ0n) is 24.8. The van der Waals surface area contributed by atoms with Crippen molar-refractivity contribution in [2.45, 2.75) is 38.1 Å². The molecule has 10 heteroatoms. The molecule has 0 aliphatic carbocycles. The molecule has 3 heterocycles. The van der Waals surface area contributed by atoms with Gasteiger partial charge in [-0.15, -0.1) is 0 Å². The van der Waals surface area contributed by atoms with Gasteiger partial charge >= 0.3 is 0 Å². The predicted molar refractivity (Wildman–Crippen MR) is 171 cm³/mol. The van der Waals surface area contributed by atoms with Crippen LogP contribution in [0.1, 0.15) is 22.5 Å². The summed E-state index contributed by atoms with van der Waals surface area (Å²) in [6.45, 7) is 3.36. The van der Waals surface area contributed by atoms with Gasteiger partial charge in [-0.3, -0.25) is 9.59 Å². The number of aryl methyl sites for hydroxylation is 1. The molecule has 0 bridgehead atoms. The van der Waals surface area contributed by atoms with E-state index in [1.165, 1.54) is 5.56 Å². The smallest absolute Gasteiger partial charge is 0.245 e. The van der Waals surface area contributed by atoms with E-state index in [1.54, 1.807) is 6.20 Å². The molecule has 2 aliphatic rings. The number of halogens is 1. The molecule has 1 fully saturated rings. The molecule has 1 aromatic heterocycles. The number of aromatic nitrogens is 2. The number of benzene rings is 3. The lowest BCUT2D eigenvalue weighted by atomic mass is 9.95. The molecular formula is C34H37ClN6O3. The quantitative estimate of drug-likeness (QED) is 0.299. The van der Waals surface area contributed by atoms with Crippen LogP contribution in [0.15, 0.2) is 85.2 Å². The largest absolute Gasteiger partial charge is 0.484 e. The normalized spacial score (nSPS) is 17.1. The van der Waals surface area contributed by atoms with E-state index in [0.717, 1.165) is 28.4 Å². The Morgan fingerprint density at radius 3 is 2.48 bits per heavy atom. The highest BCUT2D eigenvalue weighted by Gasteiger charge is 2.32. The van der Waals surface area contributed by atoms with E-state index in [1.807, 2.05) is 83.4 Å². The Kier molecular flexibility index (Phi) is 9.14. The number of ether oxygens (including phenoxy) is 1. The molecule has 0 saturated carbocycles. The summed E-state index contributed by atoms with van der Waals surface area (Å²) < 4.78 is 8.10. The molecule has 2 aliphatic heterocycles. The van der Waals surface area contributed by atoms with Crippen molar-refractivity contribution in [3.05, 3.63) is 113 Å². The Bertz CT molecular complexity index is 1600. The maximum atomic E-state index is 14.0. The third kappa shape index (κ3) is 6.90. The lowest BCUT2D eigenvalue weighted by Gasteiger charge is -2.38. The average molecular weight is 613 g/mol. The van der Waals surface area contributed by atoms with Gasteiger partial charge < -0.3 is 29.7 Å². The van der Waals surface area contributed by atoms with Crippen LogP contribution in [-0.2, 0) is 42.6 Å². The summed E-state index contributed by atoms with van der Waals surface area (Å²) in [7, 11) is 1.95. The molecule has 3 aromatic carbocycles. The minimum atomic E-state index is -0.692. The summed E-state index contributed by atoms with van der Waals surface area (Å²) in [5.74, 6) is 1.38. The predicted octanol–water partition coefficient (Wildman–Crippen LogP) is 3.74. The van der Waals surface area contributed by atoms with Gasteiger partial charge in [0.25, 0.3) is 0 Å². The number of carbonyl (C=O) groups excluding carboxylic acids is 2. The Labute approximate surface area is 262 Å². The molecule has 0 unspecified atom stereocenters. The Morgan fingerprint density at radius 2 is 1.73 bits per heavy atom. The second-order valence-electron chi connectivity index (χ2n) is 11.3. The first-order chi connectivity index (χ1) is 21.4. The van der Waals surface area contributed by atoms with Crippen LogP contribution >= 0.6 is 11.6 Å². The van der Waals surface area contributed by atoms with Gasteiger partial charge in [-0.2, -0.15) is 0 Å². The third-order valence-corrected chi connectivity index (χ3v) is 8.69. The van der Waals surface area contributed by atoms with Gasteiger partial charge in [0.2, 0.25) is 11.8 Å². The summed E-state index contributed by atoms with van der Waals surface area (Å²) >= 11 is 6.12. The van der Waals surface area contributed by atoms with Crippen LogP contribution in [0.3, 0.4) is 0 Å². The van der Waals surface area contributed by atoms with Crippen LogP contribution in [0, 0.1) is 0 Å². The number of anilines is 1. The van der Waals surface area contributed by atoms with Gasteiger partial charge in [0.05, 0.1) is 11.7 Å². The number of carbonyl (C=O) groups is 2. The first-order valence-electron chi connectivity index (χ1n) is 15.0. The standard InChI is InChI=1S/C34H37ClN6O3/c1-39-15-14-36-32(39)23-44-31-9-5-4-8-30(31)40-16-18-41(19-17-40)34(43)29(20-24-10-12-27(35)13-11-24)38-33(42)28-21-25-6-2-3-7-26(25)22-37-28/h2-15,28-29,37H,16-23H2,1H3,(H,38,42)/t28-,29-/m1/s1. The minimum Gasteiger partial charge on any atom is -0.484 e. The molecule has 2 amide bonds. The number of nitrogens with zero attached hydrogens (tertiary/aromatic N) is 4. The van der Waals surface area contributed by atoms with E-state index in [4.69, 9.17) is 16.3 Å². The van der Waals surface area contributed by atoms with Gasteiger partial charge in [0, 0.05) is 63.6 Å². The maximum Gasteiger partial charge on any atom is 0.245 e. The van der Waals surface area contributed by atoms with Crippen molar-refractivity contribution in [1.82, 2.24) is 25.1 Å². The zero-order valence-corrected chi connectivity index (χ0v) is 25.5. The molecule has 6 rings (SSSR count). The van der Waals surface area contributed by atoms with Gasteiger partial charge in [0.1, 0.15) is 24.2 Å². The van der Waals surface area contributed by atoms with E-state index < -0.39 is 12.1 Å². The fraction of sp³-hybridized carbons (Fsp3) is 0.324. The number of nitrogens with one attached hydrogen (secondary N) is 2. The zero-order chi connectivity index (χ0) is 30.5. The number of piperazine rings is 1. The van der Waals surface area contributed by atoms with Crippen LogP contribution in [0.4, 0.5) is 5.69 Å². The first kappa shape index (κ1) is 29.7. The molecule has 228 valence electrons. The Hall–Kier alpha value is -4.34. The summed E-state index contributed by atoms with van der Waals surface area (Å²) in [6, 6.07) is 22.5. The third-order valence-electron chi connectivity index (χ3n) is 8.44. The summed E-state index contributed by atoms with van der Waals surface area (Å²) in [5.41, 5.74) is 4.29. The van der Waals surface area contributed by atoms with Crippen LogP contribution in [0.25, 0.3) is 0 Å². The molecule has 9 nitrogen and oxygen atoms in total. The van der Waals surface area contributed by atoms with Crippen molar-refractivity contribution >= 4 is 29.1 Å². The number of amides is 2. The highest BCUT2D eigenvalue weighted by Crippen LogP contribution is 2.30. The molecule has 0 spiro atoms. The molecule has 4 aromatic rings. The van der Waals surface area contributed by atoms with E-state index in [9.17, 15) is 9.59 Å². The Morgan fingerprint density at radius 1 is 1.00 bits per heavy atom. The van der Waals surface area contributed by atoms with E-state index in [-0.39, 0.29) is 11.8 Å². The van der Waals surface area contributed by atoms with Crippen molar-refractivity contribution in [2.75, 3.05) is 31.1 Å². The summed E-state index contributed by atoms with van der Waals surface area (Å²) in [6.07, 6.45) is 4.63. The fourth-order valence-corrected chi connectivity index (χ4v) is 6.00. The lowest BCUT2D eigenvalue weighted by molar-refractivity contribution is -0.137. The van der Waals surface area contributed by atoms with E-state index in [2.05, 4.69) is 32.7 Å². The van der Waals surface area contributed by atoms with Gasteiger partial charge in [-0.25, -0.2) is 4.98 Å². The highest BCUT2D eigenvalue weighted by molar-refractivity contribution is 6.30. The average Bonchev–Trinajstić information content (AvgIpc) is 3.48. The Balaban J connectivity index is 1.12. The molecular weight excluding hydrogens is 576 g/mol. The van der Waals surface area contributed by atoms with Crippen molar-refractivity contribution in [3.63, 3.8) is 0 Å². The second kappa shape index (κ2) is 13.5. The number of rotatable bonds is 9. The SMILES string of the molecule is Cn1ccnc1COc1ccccc1N1CCN(C(=O)[C@@H](Cc2ccc(Cl)cc2)NC(=O)[C@H]2Cc3ccccc3CN2)CC1. The number of hydrogen-bond acceptors (Lipinski definition) is 6. The van der Waals surface area contributed by atoms with Gasteiger partial charge in [-0.05, 0) is 47.4 Å². The molecule has 1 saturated heterocycles.